The highest BCUT2D eigenvalue weighted by Crippen LogP contribution is 2.34. The van der Waals surface area contributed by atoms with E-state index in [0.29, 0.717) is 38.8 Å². The minimum absolute atomic E-state index is 0.217. The maximum Gasteiger partial charge on any atom is 0.236 e. The van der Waals surface area contributed by atoms with E-state index in [-0.39, 0.29) is 5.91 Å². The van der Waals surface area contributed by atoms with Crippen molar-refractivity contribution in [2.75, 3.05) is 45.9 Å². The van der Waals surface area contributed by atoms with Crippen LogP contribution >= 0.6 is 0 Å². The summed E-state index contributed by atoms with van der Waals surface area (Å²) in [5.74, 6) is 1.38. The average Bonchev–Trinajstić information content (AvgIpc) is 3.35. The summed E-state index contributed by atoms with van der Waals surface area (Å²) >= 11 is 0. The predicted octanol–water partition coefficient (Wildman–Crippen LogP) is 1.90. The Labute approximate surface area is 165 Å². The summed E-state index contributed by atoms with van der Waals surface area (Å²) in [6.07, 6.45) is 4.05. The van der Waals surface area contributed by atoms with E-state index in [9.17, 15) is 4.79 Å². The lowest BCUT2D eigenvalue weighted by atomic mass is 9.91. The number of carbonyl (C=O) groups is 1. The number of morpholine rings is 1. The molecule has 2 aliphatic rings. The molecule has 2 saturated heterocycles. The lowest BCUT2D eigenvalue weighted by molar-refractivity contribution is -0.136. The fourth-order valence-corrected chi connectivity index (χ4v) is 4.05. The van der Waals surface area contributed by atoms with Gasteiger partial charge in [0.1, 0.15) is 0 Å². The van der Waals surface area contributed by atoms with Crippen molar-refractivity contribution in [3.05, 3.63) is 23.7 Å². The highest BCUT2D eigenvalue weighted by molar-refractivity contribution is 5.78. The molecule has 2 aromatic heterocycles. The van der Waals surface area contributed by atoms with Crippen molar-refractivity contribution in [2.45, 2.75) is 39.2 Å². The van der Waals surface area contributed by atoms with Crippen molar-refractivity contribution in [1.29, 1.82) is 0 Å². The van der Waals surface area contributed by atoms with Crippen LogP contribution in [0.5, 0.6) is 0 Å². The zero-order valence-electron chi connectivity index (χ0n) is 16.8. The molecular weight excluding hydrogens is 358 g/mol. The molecule has 4 heterocycles. The first-order valence-electron chi connectivity index (χ1n) is 10.2. The number of amides is 1. The van der Waals surface area contributed by atoms with E-state index in [4.69, 9.17) is 14.4 Å². The Kier molecular flexibility index (Phi) is 5.77. The molecule has 1 amide bonds. The monoisotopic (exact) mass is 387 g/mol. The van der Waals surface area contributed by atoms with Crippen molar-refractivity contribution in [2.24, 2.45) is 0 Å². The van der Waals surface area contributed by atoms with Crippen molar-refractivity contribution >= 4 is 5.91 Å². The highest BCUT2D eigenvalue weighted by Gasteiger charge is 2.28. The zero-order chi connectivity index (χ0) is 19.5. The largest absolute Gasteiger partial charge is 0.378 e. The Morgan fingerprint density at radius 1 is 1.21 bits per heavy atom. The minimum Gasteiger partial charge on any atom is -0.378 e. The third kappa shape index (κ3) is 4.12. The topological polar surface area (TPSA) is 76.6 Å². The van der Waals surface area contributed by atoms with Gasteiger partial charge < -0.3 is 14.2 Å². The molecule has 2 aliphatic heterocycles. The minimum atomic E-state index is 0.217. The summed E-state index contributed by atoms with van der Waals surface area (Å²) in [6.45, 7) is 9.90. The van der Waals surface area contributed by atoms with E-state index in [0.717, 1.165) is 55.2 Å². The molecule has 0 radical (unpaired) electrons. The number of aromatic nitrogens is 3. The first-order valence-corrected chi connectivity index (χ1v) is 10.2. The number of ether oxygens (including phenoxy) is 1. The van der Waals surface area contributed by atoms with Crippen LogP contribution in [0.1, 0.15) is 37.1 Å². The van der Waals surface area contributed by atoms with Gasteiger partial charge in [0.2, 0.25) is 5.91 Å². The molecule has 152 valence electrons. The van der Waals surface area contributed by atoms with Crippen LogP contribution in [-0.4, -0.2) is 76.6 Å². The molecule has 8 nitrogen and oxygen atoms in total. The zero-order valence-corrected chi connectivity index (χ0v) is 16.8. The number of rotatable bonds is 5. The molecule has 0 unspecified atom stereocenters. The normalized spacial score (nSPS) is 19.3. The molecule has 8 heteroatoms. The molecule has 0 aliphatic carbocycles. The Morgan fingerprint density at radius 3 is 2.61 bits per heavy atom. The maximum atomic E-state index is 12.5. The third-order valence-electron chi connectivity index (χ3n) is 5.70. The van der Waals surface area contributed by atoms with Crippen LogP contribution in [0.25, 0.3) is 11.3 Å². The molecule has 28 heavy (non-hydrogen) atoms. The quantitative estimate of drug-likeness (QED) is 0.780. The molecule has 0 atom stereocenters. The van der Waals surface area contributed by atoms with E-state index in [1.165, 1.54) is 0 Å². The van der Waals surface area contributed by atoms with Gasteiger partial charge in [0.25, 0.3) is 0 Å². The van der Waals surface area contributed by atoms with Crippen molar-refractivity contribution in [3.63, 3.8) is 0 Å². The van der Waals surface area contributed by atoms with Crippen molar-refractivity contribution in [1.82, 2.24) is 24.7 Å². The van der Waals surface area contributed by atoms with Gasteiger partial charge in [-0.15, -0.1) is 0 Å². The summed E-state index contributed by atoms with van der Waals surface area (Å²) < 4.78 is 12.8. The number of hydrogen-bond acceptors (Lipinski definition) is 6. The Balaban J connectivity index is 1.39. The van der Waals surface area contributed by atoms with E-state index in [1.54, 1.807) is 0 Å². The van der Waals surface area contributed by atoms with E-state index >= 15 is 0 Å². The summed E-state index contributed by atoms with van der Waals surface area (Å²) in [4.78, 5) is 16.7. The number of likely N-dealkylation sites (tertiary alicyclic amines) is 1. The molecule has 4 rings (SSSR count). The van der Waals surface area contributed by atoms with Gasteiger partial charge >= 0.3 is 0 Å². The standard InChI is InChI=1S/C20H29N5O3/c1-3-25-13-17(18-12-15(2)22-28-18)20(21-25)16-4-6-23(7-5-16)14-19(26)24-8-10-27-11-9-24/h12-13,16H,3-11,14H2,1-2H3. The highest BCUT2D eigenvalue weighted by atomic mass is 16.5. The molecule has 2 aromatic rings. The molecule has 0 spiro atoms. The second-order valence-electron chi connectivity index (χ2n) is 7.66. The number of carbonyl (C=O) groups excluding carboxylic acids is 1. The van der Waals surface area contributed by atoms with Crippen LogP contribution in [0.4, 0.5) is 0 Å². The smallest absolute Gasteiger partial charge is 0.236 e. The SMILES string of the molecule is CCn1cc(-c2cc(C)no2)c(C2CCN(CC(=O)N3CCOCC3)CC2)n1. The maximum absolute atomic E-state index is 12.5. The van der Waals surface area contributed by atoms with Crippen LogP contribution in [0.2, 0.25) is 0 Å². The van der Waals surface area contributed by atoms with Crippen molar-refractivity contribution in [3.8, 4) is 11.3 Å². The second kappa shape index (κ2) is 8.45. The Bertz CT molecular complexity index is 801. The molecule has 0 N–H and O–H groups in total. The molecule has 0 saturated carbocycles. The molecule has 0 bridgehead atoms. The van der Waals surface area contributed by atoms with E-state index in [2.05, 4.69) is 23.2 Å². The third-order valence-corrected chi connectivity index (χ3v) is 5.70. The summed E-state index contributed by atoms with van der Waals surface area (Å²) in [6, 6.07) is 1.97. The summed E-state index contributed by atoms with van der Waals surface area (Å²) in [7, 11) is 0. The number of piperidine rings is 1. The van der Waals surface area contributed by atoms with Gasteiger partial charge in [0, 0.05) is 37.8 Å². The van der Waals surface area contributed by atoms with Gasteiger partial charge in [-0.2, -0.15) is 5.10 Å². The van der Waals surface area contributed by atoms with Gasteiger partial charge in [0.05, 0.1) is 36.7 Å². The van der Waals surface area contributed by atoms with Gasteiger partial charge in [-0.25, -0.2) is 0 Å². The summed E-state index contributed by atoms with van der Waals surface area (Å²) in [5, 5.41) is 8.85. The van der Waals surface area contributed by atoms with Gasteiger partial charge in [-0.05, 0) is 39.8 Å². The van der Waals surface area contributed by atoms with Crippen LogP contribution in [-0.2, 0) is 16.1 Å². The second-order valence-corrected chi connectivity index (χ2v) is 7.66. The first kappa shape index (κ1) is 19.1. The van der Waals surface area contributed by atoms with E-state index < -0.39 is 0 Å². The fraction of sp³-hybridized carbons (Fsp3) is 0.650. The van der Waals surface area contributed by atoms with Crippen LogP contribution in [0, 0.1) is 6.92 Å². The van der Waals surface area contributed by atoms with Gasteiger partial charge in [-0.1, -0.05) is 5.16 Å². The number of hydrogen-bond donors (Lipinski definition) is 0. The Hall–Kier alpha value is -2.19. The lowest BCUT2D eigenvalue weighted by Gasteiger charge is -2.33. The average molecular weight is 387 g/mol. The molecule has 0 aromatic carbocycles. The van der Waals surface area contributed by atoms with Crippen LogP contribution < -0.4 is 0 Å². The van der Waals surface area contributed by atoms with Crippen molar-refractivity contribution < 1.29 is 14.1 Å². The fourth-order valence-electron chi connectivity index (χ4n) is 4.05. The summed E-state index contributed by atoms with van der Waals surface area (Å²) in [5.41, 5.74) is 3.02. The first-order chi connectivity index (χ1) is 13.6. The van der Waals surface area contributed by atoms with Gasteiger partial charge in [-0.3, -0.25) is 14.4 Å². The van der Waals surface area contributed by atoms with Crippen LogP contribution in [0.15, 0.2) is 16.8 Å². The number of aryl methyl sites for hydroxylation is 2. The lowest BCUT2D eigenvalue weighted by Crippen LogP contribution is -2.47. The molecular formula is C20H29N5O3. The Morgan fingerprint density at radius 2 is 1.96 bits per heavy atom. The van der Waals surface area contributed by atoms with E-state index in [1.807, 2.05) is 22.6 Å². The van der Waals surface area contributed by atoms with Crippen LogP contribution in [0.3, 0.4) is 0 Å². The predicted molar refractivity (Wildman–Crippen MR) is 104 cm³/mol. The van der Waals surface area contributed by atoms with Gasteiger partial charge in [0.15, 0.2) is 5.76 Å². The molecule has 2 fully saturated rings. The number of nitrogens with zero attached hydrogens (tertiary/aromatic N) is 5.